The van der Waals surface area contributed by atoms with Gasteiger partial charge in [-0.05, 0) is 31.0 Å². The highest BCUT2D eigenvalue weighted by Crippen LogP contribution is 2.25. The van der Waals surface area contributed by atoms with Crippen molar-refractivity contribution in [2.75, 3.05) is 12.3 Å². The molecule has 4 heteroatoms. The Balaban J connectivity index is 2.70. The van der Waals surface area contributed by atoms with E-state index in [1.807, 2.05) is 11.8 Å². The second kappa shape index (κ2) is 7.99. The van der Waals surface area contributed by atoms with Crippen LogP contribution in [0.15, 0.2) is 18.2 Å². The van der Waals surface area contributed by atoms with Gasteiger partial charge in [-0.1, -0.05) is 39.8 Å². The van der Waals surface area contributed by atoms with Crippen LogP contribution >= 0.6 is 11.8 Å². The summed E-state index contributed by atoms with van der Waals surface area (Å²) in [5.74, 6) is -0.587. The minimum Gasteiger partial charge on any atom is -0.313 e. The Morgan fingerprint density at radius 2 is 1.95 bits per heavy atom. The third-order valence-electron chi connectivity index (χ3n) is 2.90. The standard InChI is InChI=1S/C16H25F2NS/c1-5-9-19-13(11-20-16(2,3)4)10-12-7-6-8-14(17)15(12)18/h6-8,13,19H,5,9-11H2,1-4H3. The highest BCUT2D eigenvalue weighted by molar-refractivity contribution is 8.00. The average Bonchev–Trinajstić information content (AvgIpc) is 2.37. The maximum Gasteiger partial charge on any atom is 0.162 e. The zero-order valence-electron chi connectivity index (χ0n) is 12.8. The van der Waals surface area contributed by atoms with E-state index in [2.05, 4.69) is 33.0 Å². The van der Waals surface area contributed by atoms with Crippen molar-refractivity contribution in [3.63, 3.8) is 0 Å². The summed E-state index contributed by atoms with van der Waals surface area (Å²) in [6.45, 7) is 9.49. The third kappa shape index (κ3) is 6.23. The smallest absolute Gasteiger partial charge is 0.162 e. The summed E-state index contributed by atoms with van der Waals surface area (Å²) in [5, 5.41) is 3.43. The van der Waals surface area contributed by atoms with Crippen molar-refractivity contribution in [2.24, 2.45) is 0 Å². The van der Waals surface area contributed by atoms with Crippen LogP contribution in [0.5, 0.6) is 0 Å². The molecule has 1 aromatic rings. The summed E-state index contributed by atoms with van der Waals surface area (Å²) in [6.07, 6.45) is 1.55. The lowest BCUT2D eigenvalue weighted by atomic mass is 10.1. The molecule has 0 saturated heterocycles. The van der Waals surface area contributed by atoms with Gasteiger partial charge in [0.05, 0.1) is 0 Å². The Labute approximate surface area is 125 Å². The minimum atomic E-state index is -0.764. The molecule has 0 bridgehead atoms. The molecule has 0 aromatic heterocycles. The molecular formula is C16H25F2NS. The molecule has 20 heavy (non-hydrogen) atoms. The van der Waals surface area contributed by atoms with E-state index in [0.29, 0.717) is 12.0 Å². The monoisotopic (exact) mass is 301 g/mol. The van der Waals surface area contributed by atoms with E-state index < -0.39 is 11.6 Å². The van der Waals surface area contributed by atoms with Crippen LogP contribution in [-0.4, -0.2) is 23.1 Å². The first-order valence-corrected chi connectivity index (χ1v) is 8.12. The predicted molar refractivity (Wildman–Crippen MR) is 84.4 cm³/mol. The molecule has 0 aliphatic carbocycles. The zero-order chi connectivity index (χ0) is 15.2. The highest BCUT2D eigenvalue weighted by Gasteiger charge is 2.18. The van der Waals surface area contributed by atoms with Gasteiger partial charge in [-0.2, -0.15) is 11.8 Å². The SMILES string of the molecule is CCCNC(CSC(C)(C)C)Cc1cccc(F)c1F. The first-order chi connectivity index (χ1) is 9.33. The van der Waals surface area contributed by atoms with Crippen LogP contribution < -0.4 is 5.32 Å². The number of thioether (sulfide) groups is 1. The van der Waals surface area contributed by atoms with Crippen molar-refractivity contribution >= 4 is 11.8 Å². The fourth-order valence-corrected chi connectivity index (χ4v) is 2.80. The fraction of sp³-hybridized carbons (Fsp3) is 0.625. The first-order valence-electron chi connectivity index (χ1n) is 7.13. The van der Waals surface area contributed by atoms with Gasteiger partial charge in [-0.15, -0.1) is 0 Å². The predicted octanol–water partition coefficient (Wildman–Crippen LogP) is 4.41. The first kappa shape index (κ1) is 17.4. The lowest BCUT2D eigenvalue weighted by Crippen LogP contribution is -2.35. The van der Waals surface area contributed by atoms with Gasteiger partial charge in [0.15, 0.2) is 11.6 Å². The number of rotatable bonds is 7. The third-order valence-corrected chi connectivity index (χ3v) is 4.33. The van der Waals surface area contributed by atoms with Crippen molar-refractivity contribution < 1.29 is 8.78 Å². The number of benzene rings is 1. The molecule has 1 atom stereocenters. The fourth-order valence-electron chi connectivity index (χ4n) is 1.86. The van der Waals surface area contributed by atoms with Gasteiger partial charge in [0.25, 0.3) is 0 Å². The number of nitrogens with one attached hydrogen (secondary N) is 1. The molecule has 0 spiro atoms. The van der Waals surface area contributed by atoms with E-state index in [1.165, 1.54) is 0 Å². The molecule has 1 unspecified atom stereocenters. The van der Waals surface area contributed by atoms with E-state index in [9.17, 15) is 8.78 Å². The molecule has 0 heterocycles. The Bertz CT molecular complexity index is 415. The molecule has 0 saturated carbocycles. The number of hydrogen-bond acceptors (Lipinski definition) is 2. The van der Waals surface area contributed by atoms with Gasteiger partial charge in [-0.3, -0.25) is 0 Å². The molecule has 0 amide bonds. The van der Waals surface area contributed by atoms with E-state index in [0.717, 1.165) is 24.8 Å². The Morgan fingerprint density at radius 1 is 1.25 bits per heavy atom. The Kier molecular flexibility index (Phi) is 6.96. The van der Waals surface area contributed by atoms with Crippen molar-refractivity contribution in [2.45, 2.75) is 51.3 Å². The maximum absolute atomic E-state index is 13.7. The molecule has 1 rings (SSSR count). The van der Waals surface area contributed by atoms with Gasteiger partial charge in [0.1, 0.15) is 0 Å². The minimum absolute atomic E-state index is 0.162. The maximum atomic E-state index is 13.7. The van der Waals surface area contributed by atoms with Gasteiger partial charge in [0.2, 0.25) is 0 Å². The second-order valence-corrected chi connectivity index (χ2v) is 7.84. The second-order valence-electron chi connectivity index (χ2n) is 5.99. The lowest BCUT2D eigenvalue weighted by molar-refractivity contribution is 0.483. The Morgan fingerprint density at radius 3 is 2.55 bits per heavy atom. The van der Waals surface area contributed by atoms with E-state index in [1.54, 1.807) is 12.1 Å². The van der Waals surface area contributed by atoms with Crippen molar-refractivity contribution in [3.8, 4) is 0 Å². The van der Waals surface area contributed by atoms with Crippen molar-refractivity contribution in [3.05, 3.63) is 35.4 Å². The molecule has 0 aliphatic rings. The molecule has 0 fully saturated rings. The summed E-state index contributed by atoms with van der Waals surface area (Å²) in [4.78, 5) is 0. The molecule has 0 aliphatic heterocycles. The van der Waals surface area contributed by atoms with Crippen LogP contribution in [0.3, 0.4) is 0 Å². The Hall–Kier alpha value is -0.610. The zero-order valence-corrected chi connectivity index (χ0v) is 13.6. The molecule has 1 aromatic carbocycles. The highest BCUT2D eigenvalue weighted by atomic mass is 32.2. The van der Waals surface area contributed by atoms with Crippen LogP contribution in [0.1, 0.15) is 39.7 Å². The van der Waals surface area contributed by atoms with Gasteiger partial charge in [0, 0.05) is 16.5 Å². The largest absolute Gasteiger partial charge is 0.313 e. The lowest BCUT2D eigenvalue weighted by Gasteiger charge is -2.24. The van der Waals surface area contributed by atoms with Crippen LogP contribution in [0.2, 0.25) is 0 Å². The van der Waals surface area contributed by atoms with Gasteiger partial charge in [-0.25, -0.2) is 8.78 Å². The molecule has 1 N–H and O–H groups in total. The summed E-state index contributed by atoms with van der Waals surface area (Å²) < 4.78 is 27.2. The average molecular weight is 301 g/mol. The summed E-state index contributed by atoms with van der Waals surface area (Å²) in [7, 11) is 0. The van der Waals surface area contributed by atoms with Crippen LogP contribution in [0.4, 0.5) is 8.78 Å². The van der Waals surface area contributed by atoms with Gasteiger partial charge < -0.3 is 5.32 Å². The summed E-state index contributed by atoms with van der Waals surface area (Å²) in [6, 6.07) is 4.56. The normalized spacial score (nSPS) is 13.5. The summed E-state index contributed by atoms with van der Waals surface area (Å²) in [5.41, 5.74) is 0.452. The van der Waals surface area contributed by atoms with E-state index in [-0.39, 0.29) is 10.8 Å². The van der Waals surface area contributed by atoms with E-state index >= 15 is 0 Å². The molecule has 114 valence electrons. The van der Waals surface area contributed by atoms with Crippen molar-refractivity contribution in [1.82, 2.24) is 5.32 Å². The number of halogens is 2. The van der Waals surface area contributed by atoms with Gasteiger partial charge >= 0.3 is 0 Å². The molecular weight excluding hydrogens is 276 g/mol. The van der Waals surface area contributed by atoms with Crippen LogP contribution in [0, 0.1) is 11.6 Å². The molecule has 0 radical (unpaired) electrons. The van der Waals surface area contributed by atoms with E-state index in [4.69, 9.17) is 0 Å². The van der Waals surface area contributed by atoms with Crippen molar-refractivity contribution in [1.29, 1.82) is 0 Å². The topological polar surface area (TPSA) is 12.0 Å². The molecule has 1 nitrogen and oxygen atoms in total. The number of hydrogen-bond donors (Lipinski definition) is 1. The summed E-state index contributed by atoms with van der Waals surface area (Å²) >= 11 is 1.84. The van der Waals surface area contributed by atoms with Crippen LogP contribution in [-0.2, 0) is 6.42 Å². The van der Waals surface area contributed by atoms with Crippen LogP contribution in [0.25, 0.3) is 0 Å². The quantitative estimate of drug-likeness (QED) is 0.801.